The van der Waals surface area contributed by atoms with E-state index in [0.29, 0.717) is 24.7 Å². The molecule has 32 heavy (non-hydrogen) atoms. The maximum absolute atomic E-state index is 13.1. The van der Waals surface area contributed by atoms with Crippen LogP contribution < -0.4 is 10.6 Å². The molecule has 2 heterocycles. The fourth-order valence-electron chi connectivity index (χ4n) is 3.60. The van der Waals surface area contributed by atoms with Crippen LogP contribution >= 0.6 is 32.3 Å². The van der Waals surface area contributed by atoms with E-state index in [1.807, 2.05) is 43.5 Å². The second-order valence-electron chi connectivity index (χ2n) is 8.03. The van der Waals surface area contributed by atoms with Crippen molar-refractivity contribution in [2.24, 2.45) is 21.8 Å². The number of amidine groups is 1. The number of nitrogens with one attached hydrogen (secondary N) is 2. The maximum atomic E-state index is 13.1. The van der Waals surface area contributed by atoms with Crippen molar-refractivity contribution in [3.8, 4) is 0 Å². The Hall–Kier alpha value is -2.10. The van der Waals surface area contributed by atoms with Crippen molar-refractivity contribution in [3.63, 3.8) is 0 Å². The number of carbonyl (C=O) groups excluding carboxylic acids is 1. The number of aryl methyl sites for hydroxylation is 1. The highest BCUT2D eigenvalue weighted by Crippen LogP contribution is 2.37. The monoisotopic (exact) mass is 564 g/mol. The maximum Gasteiger partial charge on any atom is 0.235 e. The molecule has 1 fully saturated rings. The van der Waals surface area contributed by atoms with Gasteiger partial charge in [0.05, 0.1) is 28.6 Å². The van der Waals surface area contributed by atoms with Crippen LogP contribution in [0.2, 0.25) is 0 Å². The molecule has 3 N–H and O–H groups in total. The average molecular weight is 565 g/mol. The predicted octanol–water partition coefficient (Wildman–Crippen LogP) is 4.16. The second kappa shape index (κ2) is 10.2. The Kier molecular flexibility index (Phi) is 7.37. The van der Waals surface area contributed by atoms with E-state index in [9.17, 15) is 4.79 Å². The van der Waals surface area contributed by atoms with Crippen LogP contribution in [-0.2, 0) is 4.79 Å². The third-order valence-corrected chi connectivity index (χ3v) is 8.02. The van der Waals surface area contributed by atoms with E-state index in [2.05, 4.69) is 27.2 Å². The number of amides is 1. The zero-order chi connectivity index (χ0) is 22.7. The number of anilines is 1. The first-order valence-corrected chi connectivity index (χ1v) is 13.1. The number of aliphatic hydroxyl groups is 1. The van der Waals surface area contributed by atoms with Crippen molar-refractivity contribution in [1.82, 2.24) is 5.32 Å². The van der Waals surface area contributed by atoms with Crippen molar-refractivity contribution in [3.05, 3.63) is 59.2 Å². The quantitative estimate of drug-likeness (QED) is 0.276. The first-order valence-electron chi connectivity index (χ1n) is 10.6. The highest BCUT2D eigenvalue weighted by molar-refractivity contribution is 14.2. The molecule has 2 aliphatic heterocycles. The van der Waals surface area contributed by atoms with Gasteiger partial charge in [-0.3, -0.25) is 14.8 Å². The number of hydrogen-bond donors (Lipinski definition) is 3. The molecule has 3 aliphatic rings. The average Bonchev–Trinajstić information content (AvgIpc) is 3.61. The van der Waals surface area contributed by atoms with E-state index in [1.54, 1.807) is 0 Å². The summed E-state index contributed by atoms with van der Waals surface area (Å²) in [7, 11) is 0. The summed E-state index contributed by atoms with van der Waals surface area (Å²) >= 11 is 5.83. The van der Waals surface area contributed by atoms with Gasteiger partial charge in [0.25, 0.3) is 0 Å². The lowest BCUT2D eigenvalue weighted by molar-refractivity contribution is -0.117. The fraction of sp³-hybridized carbons (Fsp3) is 0.333. The van der Waals surface area contributed by atoms with E-state index in [-0.39, 0.29) is 12.5 Å². The minimum atomic E-state index is -0.564. The minimum absolute atomic E-state index is 0.000533. The Morgan fingerprint density at radius 3 is 3.00 bits per heavy atom. The normalized spacial score (nSPS) is 22.2. The summed E-state index contributed by atoms with van der Waals surface area (Å²) in [6, 6.07) is 5.83. The lowest BCUT2D eigenvalue weighted by atomic mass is 9.96. The Labute approximate surface area is 203 Å². The van der Waals surface area contributed by atoms with Crippen molar-refractivity contribution in [1.29, 1.82) is 0 Å². The topological polar surface area (TPSA) is 86.1 Å². The van der Waals surface area contributed by atoms with Gasteiger partial charge in [-0.2, -0.15) is 0 Å². The van der Waals surface area contributed by atoms with E-state index < -0.39 is 26.6 Å². The molecule has 1 aliphatic carbocycles. The molecule has 0 bridgehead atoms. The van der Waals surface area contributed by atoms with Crippen molar-refractivity contribution in [2.75, 3.05) is 25.0 Å². The molecular weight excluding hydrogens is 539 g/mol. The highest BCUT2D eigenvalue weighted by Gasteiger charge is 2.29. The van der Waals surface area contributed by atoms with Gasteiger partial charge in [-0.15, -0.1) is 0 Å². The van der Waals surface area contributed by atoms with Gasteiger partial charge in [-0.05, 0) is 81.3 Å². The molecule has 4 rings (SSSR count). The van der Waals surface area contributed by atoms with Crippen LogP contribution in [0.15, 0.2) is 58.1 Å². The van der Waals surface area contributed by atoms with Gasteiger partial charge in [-0.25, -0.2) is 0 Å². The predicted molar refractivity (Wildman–Crippen MR) is 142 cm³/mol. The molecule has 1 atom stereocenters. The lowest BCUT2D eigenvalue weighted by Crippen LogP contribution is -2.24. The summed E-state index contributed by atoms with van der Waals surface area (Å²) in [5.74, 6) is 0.0371. The van der Waals surface area contributed by atoms with E-state index >= 15 is 0 Å². The highest BCUT2D eigenvalue weighted by atomic mass is 127. The van der Waals surface area contributed by atoms with Crippen LogP contribution in [0.25, 0.3) is 5.70 Å². The zero-order valence-corrected chi connectivity index (χ0v) is 20.8. The summed E-state index contributed by atoms with van der Waals surface area (Å²) in [4.78, 5) is 22.0. The van der Waals surface area contributed by atoms with Gasteiger partial charge >= 0.3 is 0 Å². The molecule has 0 saturated heterocycles. The molecule has 6 nitrogen and oxygen atoms in total. The van der Waals surface area contributed by atoms with Crippen molar-refractivity contribution in [2.45, 2.75) is 19.8 Å². The van der Waals surface area contributed by atoms with Crippen LogP contribution in [0.1, 0.15) is 24.0 Å². The molecular formula is C24H26ClIN4O2. The number of halogens is 2. The van der Waals surface area contributed by atoms with Gasteiger partial charge in [0, 0.05) is 23.2 Å². The number of carbonyl (C=O) groups is 1. The summed E-state index contributed by atoms with van der Waals surface area (Å²) in [5.41, 5.74) is 5.49. The molecule has 0 radical (unpaired) electrons. The number of allylic oxidation sites excluding steroid dienone is 2. The van der Waals surface area contributed by atoms with Crippen molar-refractivity contribution >= 4 is 62.6 Å². The van der Waals surface area contributed by atoms with Crippen molar-refractivity contribution < 1.29 is 9.90 Å². The molecule has 1 aromatic carbocycles. The summed E-state index contributed by atoms with van der Waals surface area (Å²) in [5, 5.41) is 15.5. The Morgan fingerprint density at radius 2 is 2.25 bits per heavy atom. The molecule has 1 aromatic rings. The molecule has 168 valence electrons. The van der Waals surface area contributed by atoms with Crippen LogP contribution in [0.4, 0.5) is 5.69 Å². The molecule has 1 saturated carbocycles. The van der Waals surface area contributed by atoms with Crippen LogP contribution in [-0.4, -0.2) is 43.7 Å². The smallest absolute Gasteiger partial charge is 0.235 e. The first kappa shape index (κ1) is 23.1. The van der Waals surface area contributed by atoms with Gasteiger partial charge in [0.15, 0.2) is 3.84 Å². The summed E-state index contributed by atoms with van der Waals surface area (Å²) < 4.78 is 1.59. The fourth-order valence-corrected chi connectivity index (χ4v) is 5.96. The largest absolute Gasteiger partial charge is 0.394 e. The summed E-state index contributed by atoms with van der Waals surface area (Å²) in [6.45, 7) is 6.92. The van der Waals surface area contributed by atoms with Crippen LogP contribution in [0.3, 0.4) is 0 Å². The molecule has 8 heteroatoms. The number of benzene rings is 1. The lowest BCUT2D eigenvalue weighted by Gasteiger charge is -2.19. The number of rotatable bonds is 6. The molecule has 1 amide bonds. The first-order chi connectivity index (χ1) is 15.4. The van der Waals surface area contributed by atoms with Gasteiger partial charge in [-0.1, -0.05) is 30.3 Å². The number of aliphatic hydroxyl groups excluding tert-OH is 1. The number of hydrogen-bond acceptors (Lipinski definition) is 4. The van der Waals surface area contributed by atoms with E-state index in [4.69, 9.17) is 16.7 Å². The van der Waals surface area contributed by atoms with Crippen LogP contribution in [0.5, 0.6) is 0 Å². The molecule has 0 spiro atoms. The van der Waals surface area contributed by atoms with Gasteiger partial charge in [0.2, 0.25) is 5.91 Å². The second-order valence-corrected chi connectivity index (χ2v) is 11.8. The number of aliphatic imine (C=N–C) groups is 2. The SMILES string of the molecule is C=C1CN=CC(C2CC2)=CC1C(=O)Nc1ccc(C)c(C2=CC(Cl)=IC(=NCCO)N2)c1. The minimum Gasteiger partial charge on any atom is -0.394 e. The zero-order valence-electron chi connectivity index (χ0n) is 17.9. The van der Waals surface area contributed by atoms with E-state index in [0.717, 1.165) is 47.6 Å². The summed E-state index contributed by atoms with van der Waals surface area (Å²) in [6.07, 6.45) is 8.17. The van der Waals surface area contributed by atoms with Gasteiger partial charge < -0.3 is 15.7 Å². The Morgan fingerprint density at radius 1 is 1.44 bits per heavy atom. The third kappa shape index (κ3) is 5.63. The Bertz CT molecular complexity index is 1100. The van der Waals surface area contributed by atoms with E-state index in [1.165, 1.54) is 0 Å². The van der Waals surface area contributed by atoms with Gasteiger partial charge in [0.1, 0.15) is 0 Å². The molecule has 1 unspecified atom stereocenters. The third-order valence-electron chi connectivity index (χ3n) is 5.48. The Balaban J connectivity index is 1.55. The molecule has 0 aromatic heterocycles. The van der Waals surface area contributed by atoms with Crippen LogP contribution in [0, 0.1) is 18.8 Å². The number of nitrogens with zero attached hydrogens (tertiary/aromatic N) is 2. The standard InChI is InChI=1S/C24H26ClIN4O2/c1-14-3-6-18(10-19(14)21-11-22(25)26-24(30-21)28-7-8-31)29-23(32)20-9-17(16-4-5-16)13-27-12-15(20)2/h3,6,9-11,13,16,20,31H,2,4-5,7-8,12H2,1H3,(H,28,30)(H,29,32).